The Bertz CT molecular complexity index is 868. The molecule has 23 heavy (non-hydrogen) atoms. The third kappa shape index (κ3) is 1.51. The molecular weight excluding hydrogens is 294 g/mol. The van der Waals surface area contributed by atoms with Gasteiger partial charge in [-0.1, -0.05) is 42.5 Å². The van der Waals surface area contributed by atoms with E-state index in [1.165, 1.54) is 12.0 Å². The first-order chi connectivity index (χ1) is 11.1. The third-order valence-electron chi connectivity index (χ3n) is 4.29. The Morgan fingerprint density at radius 2 is 1.70 bits per heavy atom. The largest absolute Gasteiger partial charge is 0.512 e. The molecule has 1 N–H and O–H groups in total. The van der Waals surface area contributed by atoms with E-state index in [1.54, 1.807) is 48.5 Å². The minimum atomic E-state index is -1.47. The molecule has 2 aromatic rings. The van der Waals surface area contributed by atoms with Crippen molar-refractivity contribution in [1.82, 2.24) is 0 Å². The van der Waals surface area contributed by atoms with Gasteiger partial charge in [-0.05, 0) is 24.6 Å². The van der Waals surface area contributed by atoms with Gasteiger partial charge >= 0.3 is 5.97 Å². The van der Waals surface area contributed by atoms with E-state index in [4.69, 9.17) is 4.84 Å². The molecule has 2 aliphatic rings. The van der Waals surface area contributed by atoms with Gasteiger partial charge in [-0.2, -0.15) is 5.06 Å². The van der Waals surface area contributed by atoms with E-state index < -0.39 is 11.5 Å². The highest BCUT2D eigenvalue weighted by Crippen LogP contribution is 2.53. The SMILES string of the molecule is C/C(O)=C1\C(=O)ON2c3ccccc3C(=O)C12c1ccccc1. The van der Waals surface area contributed by atoms with Crippen LogP contribution in [0.4, 0.5) is 5.69 Å². The van der Waals surface area contributed by atoms with Crippen LogP contribution in [0, 0.1) is 0 Å². The molecule has 0 bridgehead atoms. The Labute approximate surface area is 132 Å². The van der Waals surface area contributed by atoms with Crippen LogP contribution in [0.1, 0.15) is 22.8 Å². The quantitative estimate of drug-likeness (QED) is 0.648. The van der Waals surface area contributed by atoms with Crippen LogP contribution in [0.5, 0.6) is 0 Å². The zero-order valence-electron chi connectivity index (χ0n) is 12.3. The number of nitrogens with zero attached hydrogens (tertiary/aromatic N) is 1. The van der Waals surface area contributed by atoms with Crippen molar-refractivity contribution in [2.75, 3.05) is 5.06 Å². The second-order valence-electron chi connectivity index (χ2n) is 5.56. The Hall–Kier alpha value is -3.08. The fourth-order valence-corrected chi connectivity index (χ4v) is 3.40. The average molecular weight is 307 g/mol. The maximum atomic E-state index is 13.2. The standard InChI is InChI=1S/C18H13NO4/c1-11(20)15-17(22)23-19-14-10-6-5-9-13(14)16(21)18(15,19)12-7-3-2-4-8-12/h2-10,20H,1H3/b15-11-. The topological polar surface area (TPSA) is 66.8 Å². The van der Waals surface area contributed by atoms with Crippen LogP contribution in [0.2, 0.25) is 0 Å². The van der Waals surface area contributed by atoms with Gasteiger partial charge in [-0.25, -0.2) is 4.79 Å². The van der Waals surface area contributed by atoms with Crippen molar-refractivity contribution < 1.29 is 19.5 Å². The van der Waals surface area contributed by atoms with E-state index in [9.17, 15) is 14.7 Å². The van der Waals surface area contributed by atoms with Gasteiger partial charge < -0.3 is 9.94 Å². The summed E-state index contributed by atoms with van der Waals surface area (Å²) < 4.78 is 0. The third-order valence-corrected chi connectivity index (χ3v) is 4.29. The summed E-state index contributed by atoms with van der Waals surface area (Å²) in [6, 6.07) is 15.8. The number of allylic oxidation sites excluding steroid dienone is 1. The number of aliphatic hydroxyl groups is 1. The van der Waals surface area contributed by atoms with E-state index in [2.05, 4.69) is 0 Å². The lowest BCUT2D eigenvalue weighted by Crippen LogP contribution is -2.44. The number of aliphatic hydroxyl groups excluding tert-OH is 1. The van der Waals surface area contributed by atoms with Crippen molar-refractivity contribution in [3.05, 3.63) is 77.1 Å². The second kappa shape index (κ2) is 4.46. The minimum absolute atomic E-state index is 0.0371. The van der Waals surface area contributed by atoms with Crippen molar-refractivity contribution in [2.24, 2.45) is 0 Å². The van der Waals surface area contributed by atoms with Gasteiger partial charge in [0.25, 0.3) is 0 Å². The van der Waals surface area contributed by atoms with Crippen LogP contribution < -0.4 is 5.06 Å². The maximum absolute atomic E-state index is 13.2. The number of fused-ring (bicyclic) bond motifs is 3. The van der Waals surface area contributed by atoms with E-state index in [0.29, 0.717) is 16.8 Å². The summed E-state index contributed by atoms with van der Waals surface area (Å²) in [6.07, 6.45) is 0. The highest BCUT2D eigenvalue weighted by molar-refractivity contribution is 6.22. The van der Waals surface area contributed by atoms with E-state index in [1.807, 2.05) is 6.07 Å². The van der Waals surface area contributed by atoms with Crippen LogP contribution >= 0.6 is 0 Å². The summed E-state index contributed by atoms with van der Waals surface area (Å²) >= 11 is 0. The molecule has 1 fully saturated rings. The zero-order chi connectivity index (χ0) is 16.2. The van der Waals surface area contributed by atoms with Crippen molar-refractivity contribution in [1.29, 1.82) is 0 Å². The highest BCUT2D eigenvalue weighted by atomic mass is 16.7. The summed E-state index contributed by atoms with van der Waals surface area (Å²) in [4.78, 5) is 30.9. The first kappa shape index (κ1) is 13.6. The number of hydrogen-bond acceptors (Lipinski definition) is 5. The lowest BCUT2D eigenvalue weighted by molar-refractivity contribution is -0.136. The molecule has 0 aromatic heterocycles. The fraction of sp³-hybridized carbons (Fsp3) is 0.111. The molecule has 0 radical (unpaired) electrons. The Balaban J connectivity index is 2.10. The van der Waals surface area contributed by atoms with Gasteiger partial charge in [0.15, 0.2) is 0 Å². The summed E-state index contributed by atoms with van der Waals surface area (Å²) in [5.74, 6) is -1.22. The first-order valence-corrected chi connectivity index (χ1v) is 7.20. The minimum Gasteiger partial charge on any atom is -0.512 e. The van der Waals surface area contributed by atoms with Crippen LogP contribution in [-0.2, 0) is 15.2 Å². The van der Waals surface area contributed by atoms with Crippen molar-refractivity contribution in [2.45, 2.75) is 12.5 Å². The number of anilines is 1. The summed E-state index contributed by atoms with van der Waals surface area (Å²) in [7, 11) is 0. The maximum Gasteiger partial charge on any atom is 0.365 e. The average Bonchev–Trinajstić information content (AvgIpc) is 3.00. The summed E-state index contributed by atoms with van der Waals surface area (Å²) in [5.41, 5.74) is 0.0508. The molecule has 1 unspecified atom stereocenters. The molecule has 5 heteroatoms. The van der Waals surface area contributed by atoms with Gasteiger partial charge in [-0.3, -0.25) is 4.79 Å². The van der Waals surface area contributed by atoms with Crippen molar-refractivity contribution in [3.63, 3.8) is 0 Å². The first-order valence-electron chi connectivity index (χ1n) is 7.20. The number of ketones is 1. The number of hydrogen-bond donors (Lipinski definition) is 1. The molecule has 0 aliphatic carbocycles. The van der Waals surface area contributed by atoms with E-state index >= 15 is 0 Å². The molecule has 0 amide bonds. The molecule has 2 aliphatic heterocycles. The molecule has 114 valence electrons. The number of carbonyl (C=O) groups is 2. The zero-order valence-corrected chi connectivity index (χ0v) is 12.3. The fourth-order valence-electron chi connectivity index (χ4n) is 3.40. The number of Topliss-reactive ketones (excluding diaryl/α,β-unsaturated/α-hetero) is 1. The Morgan fingerprint density at radius 1 is 1.04 bits per heavy atom. The lowest BCUT2D eigenvalue weighted by atomic mass is 9.79. The molecule has 5 nitrogen and oxygen atoms in total. The van der Waals surface area contributed by atoms with Crippen molar-refractivity contribution >= 4 is 17.4 Å². The molecule has 0 saturated carbocycles. The second-order valence-corrected chi connectivity index (χ2v) is 5.56. The number of para-hydroxylation sites is 1. The van der Waals surface area contributed by atoms with Gasteiger partial charge in [-0.15, -0.1) is 0 Å². The van der Waals surface area contributed by atoms with Gasteiger partial charge in [0, 0.05) is 5.56 Å². The lowest BCUT2D eigenvalue weighted by Gasteiger charge is -2.29. The van der Waals surface area contributed by atoms with Crippen LogP contribution in [-0.4, -0.2) is 16.9 Å². The van der Waals surface area contributed by atoms with Gasteiger partial charge in [0.1, 0.15) is 11.3 Å². The molecular formula is C18H13NO4. The number of hydroxylamine groups is 1. The molecule has 0 spiro atoms. The monoisotopic (exact) mass is 307 g/mol. The number of carbonyl (C=O) groups excluding carboxylic acids is 2. The van der Waals surface area contributed by atoms with Crippen LogP contribution in [0.25, 0.3) is 0 Å². The number of benzene rings is 2. The molecule has 2 heterocycles. The molecule has 2 aromatic carbocycles. The van der Waals surface area contributed by atoms with Crippen molar-refractivity contribution in [3.8, 4) is 0 Å². The van der Waals surface area contributed by atoms with E-state index in [0.717, 1.165) is 0 Å². The highest BCUT2D eigenvalue weighted by Gasteiger charge is 2.65. The molecule has 1 saturated heterocycles. The Morgan fingerprint density at radius 3 is 2.39 bits per heavy atom. The Kier molecular flexibility index (Phi) is 2.63. The smallest absolute Gasteiger partial charge is 0.365 e. The van der Waals surface area contributed by atoms with Crippen LogP contribution in [0.15, 0.2) is 65.9 Å². The summed E-state index contributed by atoms with van der Waals surface area (Å²) in [5, 5.41) is 11.4. The van der Waals surface area contributed by atoms with E-state index in [-0.39, 0.29) is 17.1 Å². The summed E-state index contributed by atoms with van der Waals surface area (Å²) in [6.45, 7) is 1.39. The molecule has 1 atom stereocenters. The molecule has 4 rings (SSSR count). The normalized spacial score (nSPS) is 24.3. The predicted octanol–water partition coefficient (Wildman–Crippen LogP) is 2.89. The van der Waals surface area contributed by atoms with Gasteiger partial charge in [0.05, 0.1) is 5.69 Å². The van der Waals surface area contributed by atoms with Gasteiger partial charge in [0.2, 0.25) is 11.3 Å². The number of rotatable bonds is 1. The van der Waals surface area contributed by atoms with Crippen LogP contribution in [0.3, 0.4) is 0 Å². The predicted molar refractivity (Wildman–Crippen MR) is 82.8 cm³/mol.